The molecule has 5 unspecified atom stereocenters. The Morgan fingerprint density at radius 3 is 2.47 bits per heavy atom. The van der Waals surface area contributed by atoms with E-state index in [1.807, 2.05) is 6.92 Å². The van der Waals surface area contributed by atoms with E-state index >= 15 is 0 Å². The second-order valence-corrected chi connectivity index (χ2v) is 6.41. The molecule has 0 saturated heterocycles. The van der Waals surface area contributed by atoms with Crippen LogP contribution in [0.25, 0.3) is 0 Å². The van der Waals surface area contributed by atoms with Crippen LogP contribution in [0.4, 0.5) is 0 Å². The molecule has 0 heterocycles. The molecule has 3 heteroatoms. The standard InChI is InChI=1S/C14H26N2O/c1-9-6-7-11(10(9)2)16-13(17)14(3)8-4-5-12(14)15/h9-12H,4-8,15H2,1-3H3,(H,16,17). The summed E-state index contributed by atoms with van der Waals surface area (Å²) in [6, 6.07) is 0.402. The third-order valence-electron chi connectivity index (χ3n) is 5.33. The van der Waals surface area contributed by atoms with Gasteiger partial charge in [-0.2, -0.15) is 0 Å². The Morgan fingerprint density at radius 1 is 1.29 bits per heavy atom. The molecule has 2 fully saturated rings. The van der Waals surface area contributed by atoms with Crippen LogP contribution in [-0.4, -0.2) is 18.0 Å². The molecular weight excluding hydrogens is 212 g/mol. The highest BCUT2D eigenvalue weighted by Gasteiger charge is 2.44. The van der Waals surface area contributed by atoms with Gasteiger partial charge in [-0.15, -0.1) is 0 Å². The molecule has 0 radical (unpaired) electrons. The smallest absolute Gasteiger partial charge is 0.227 e. The van der Waals surface area contributed by atoms with Crippen LogP contribution in [0, 0.1) is 17.3 Å². The average Bonchev–Trinajstić information content (AvgIpc) is 2.78. The van der Waals surface area contributed by atoms with Gasteiger partial charge in [-0.1, -0.05) is 20.3 Å². The maximum absolute atomic E-state index is 12.4. The fourth-order valence-electron chi connectivity index (χ4n) is 3.38. The lowest BCUT2D eigenvalue weighted by Crippen LogP contribution is -2.51. The highest BCUT2D eigenvalue weighted by molar-refractivity contribution is 5.83. The van der Waals surface area contributed by atoms with Crippen LogP contribution >= 0.6 is 0 Å². The van der Waals surface area contributed by atoms with Crippen LogP contribution < -0.4 is 11.1 Å². The van der Waals surface area contributed by atoms with Crippen molar-refractivity contribution in [3.63, 3.8) is 0 Å². The van der Waals surface area contributed by atoms with E-state index < -0.39 is 0 Å². The zero-order valence-corrected chi connectivity index (χ0v) is 11.3. The SMILES string of the molecule is CC1CCC(NC(=O)C2(C)CCCC2N)C1C. The third-order valence-corrected chi connectivity index (χ3v) is 5.33. The quantitative estimate of drug-likeness (QED) is 0.773. The van der Waals surface area contributed by atoms with Gasteiger partial charge in [0.15, 0.2) is 0 Å². The fraction of sp³-hybridized carbons (Fsp3) is 0.929. The number of amides is 1. The van der Waals surface area contributed by atoms with Crippen molar-refractivity contribution in [1.82, 2.24) is 5.32 Å². The van der Waals surface area contributed by atoms with Crippen molar-refractivity contribution in [2.75, 3.05) is 0 Å². The summed E-state index contributed by atoms with van der Waals surface area (Å²) in [6.45, 7) is 6.56. The monoisotopic (exact) mass is 238 g/mol. The van der Waals surface area contributed by atoms with Crippen molar-refractivity contribution in [2.45, 2.75) is 65.0 Å². The maximum Gasteiger partial charge on any atom is 0.227 e. The van der Waals surface area contributed by atoms with E-state index in [4.69, 9.17) is 5.73 Å². The Labute approximate surface area is 105 Å². The largest absolute Gasteiger partial charge is 0.353 e. The Hall–Kier alpha value is -0.570. The van der Waals surface area contributed by atoms with Crippen molar-refractivity contribution in [3.8, 4) is 0 Å². The fourth-order valence-corrected chi connectivity index (χ4v) is 3.38. The summed E-state index contributed by atoms with van der Waals surface area (Å²) in [7, 11) is 0. The van der Waals surface area contributed by atoms with Crippen molar-refractivity contribution < 1.29 is 4.79 Å². The molecule has 17 heavy (non-hydrogen) atoms. The summed E-state index contributed by atoms with van der Waals surface area (Å²) in [5.74, 6) is 1.51. The Morgan fingerprint density at radius 2 is 2.00 bits per heavy atom. The summed E-state index contributed by atoms with van der Waals surface area (Å²) < 4.78 is 0. The number of nitrogens with one attached hydrogen (secondary N) is 1. The Balaban J connectivity index is 1.97. The van der Waals surface area contributed by atoms with Gasteiger partial charge in [-0.25, -0.2) is 0 Å². The van der Waals surface area contributed by atoms with Crippen LogP contribution in [0.3, 0.4) is 0 Å². The van der Waals surface area contributed by atoms with Crippen molar-refractivity contribution in [3.05, 3.63) is 0 Å². The predicted octanol–water partition coefficient (Wildman–Crippen LogP) is 2.05. The lowest BCUT2D eigenvalue weighted by Gasteiger charge is -2.30. The molecule has 0 aromatic heterocycles. The minimum atomic E-state index is -0.328. The van der Waals surface area contributed by atoms with Gasteiger partial charge in [0.1, 0.15) is 0 Å². The first-order valence-electron chi connectivity index (χ1n) is 7.01. The van der Waals surface area contributed by atoms with Gasteiger partial charge in [-0.05, 0) is 44.4 Å². The summed E-state index contributed by atoms with van der Waals surface area (Å²) in [5, 5.41) is 3.25. The van der Waals surface area contributed by atoms with Gasteiger partial charge in [0.2, 0.25) is 5.91 Å². The van der Waals surface area contributed by atoms with Gasteiger partial charge in [-0.3, -0.25) is 4.79 Å². The van der Waals surface area contributed by atoms with Crippen LogP contribution in [-0.2, 0) is 4.79 Å². The molecule has 2 saturated carbocycles. The molecule has 2 aliphatic carbocycles. The molecule has 0 aliphatic heterocycles. The van der Waals surface area contributed by atoms with E-state index in [-0.39, 0.29) is 17.4 Å². The maximum atomic E-state index is 12.4. The molecule has 3 N–H and O–H groups in total. The molecule has 0 aromatic rings. The predicted molar refractivity (Wildman–Crippen MR) is 69.4 cm³/mol. The van der Waals surface area contributed by atoms with Crippen LogP contribution in [0.5, 0.6) is 0 Å². The minimum absolute atomic E-state index is 0.0385. The molecule has 0 spiro atoms. The lowest BCUT2D eigenvalue weighted by molar-refractivity contribution is -0.131. The van der Waals surface area contributed by atoms with E-state index in [1.165, 1.54) is 6.42 Å². The molecule has 3 nitrogen and oxygen atoms in total. The third kappa shape index (κ3) is 2.22. The second-order valence-electron chi connectivity index (χ2n) is 6.41. The number of carbonyl (C=O) groups excluding carboxylic acids is 1. The summed E-state index contributed by atoms with van der Waals surface area (Å²) in [6.07, 6.45) is 5.37. The zero-order valence-electron chi connectivity index (χ0n) is 11.3. The summed E-state index contributed by atoms with van der Waals surface area (Å²) >= 11 is 0. The number of rotatable bonds is 2. The number of hydrogen-bond acceptors (Lipinski definition) is 2. The van der Waals surface area contributed by atoms with Gasteiger partial charge >= 0.3 is 0 Å². The van der Waals surface area contributed by atoms with E-state index in [1.54, 1.807) is 0 Å². The number of carbonyl (C=O) groups is 1. The van der Waals surface area contributed by atoms with Crippen LogP contribution in [0.1, 0.15) is 52.9 Å². The van der Waals surface area contributed by atoms with Gasteiger partial charge in [0.25, 0.3) is 0 Å². The van der Waals surface area contributed by atoms with Crippen molar-refractivity contribution in [1.29, 1.82) is 0 Å². The van der Waals surface area contributed by atoms with Crippen molar-refractivity contribution in [2.24, 2.45) is 23.0 Å². The molecule has 2 rings (SSSR count). The summed E-state index contributed by atoms with van der Waals surface area (Å²) in [5.41, 5.74) is 5.76. The van der Waals surface area contributed by atoms with Crippen molar-refractivity contribution >= 4 is 5.91 Å². The topological polar surface area (TPSA) is 55.1 Å². The van der Waals surface area contributed by atoms with E-state index in [2.05, 4.69) is 19.2 Å². The van der Waals surface area contributed by atoms with Gasteiger partial charge in [0.05, 0.1) is 5.41 Å². The van der Waals surface area contributed by atoms with Crippen LogP contribution in [0.2, 0.25) is 0 Å². The van der Waals surface area contributed by atoms with E-state index in [0.29, 0.717) is 12.0 Å². The minimum Gasteiger partial charge on any atom is -0.353 e. The average molecular weight is 238 g/mol. The second kappa shape index (κ2) is 4.60. The molecule has 0 aromatic carbocycles. The molecule has 0 bridgehead atoms. The number of hydrogen-bond donors (Lipinski definition) is 2. The number of nitrogens with two attached hydrogens (primary N) is 1. The highest BCUT2D eigenvalue weighted by atomic mass is 16.2. The molecular formula is C14H26N2O. The highest BCUT2D eigenvalue weighted by Crippen LogP contribution is 2.38. The molecule has 5 atom stereocenters. The first-order valence-corrected chi connectivity index (χ1v) is 7.01. The molecule has 98 valence electrons. The van der Waals surface area contributed by atoms with E-state index in [9.17, 15) is 4.79 Å². The molecule has 2 aliphatic rings. The first-order chi connectivity index (χ1) is 7.95. The van der Waals surface area contributed by atoms with E-state index in [0.717, 1.165) is 31.6 Å². The lowest BCUT2D eigenvalue weighted by atomic mass is 9.83. The van der Waals surface area contributed by atoms with Gasteiger partial charge < -0.3 is 11.1 Å². The van der Waals surface area contributed by atoms with Crippen LogP contribution in [0.15, 0.2) is 0 Å². The normalized spacial score (nSPS) is 46.1. The zero-order chi connectivity index (χ0) is 12.6. The van der Waals surface area contributed by atoms with Gasteiger partial charge in [0, 0.05) is 12.1 Å². The summed E-state index contributed by atoms with van der Waals surface area (Å²) in [4.78, 5) is 12.4. The first kappa shape index (κ1) is 12.9. The Bertz CT molecular complexity index is 305. The Kier molecular flexibility index (Phi) is 3.48. The molecule has 1 amide bonds.